The quantitative estimate of drug-likeness (QED) is 0.763. The van der Waals surface area contributed by atoms with Crippen LogP contribution in [0.15, 0.2) is 29.2 Å². The summed E-state index contributed by atoms with van der Waals surface area (Å²) in [7, 11) is 0. The van der Waals surface area contributed by atoms with Gasteiger partial charge in [0.1, 0.15) is 0 Å². The summed E-state index contributed by atoms with van der Waals surface area (Å²) >= 11 is 11.9. The zero-order valence-corrected chi connectivity index (χ0v) is 17.3. The first-order valence-corrected chi connectivity index (χ1v) is 9.50. The van der Waals surface area contributed by atoms with Crippen molar-refractivity contribution in [1.82, 2.24) is 9.47 Å². The molecule has 0 bridgehead atoms. The van der Waals surface area contributed by atoms with Crippen LogP contribution >= 0.6 is 23.2 Å². The number of hydrogen-bond acceptors (Lipinski definition) is 4. The molecule has 1 aliphatic heterocycles. The number of aromatic hydroxyl groups is 1. The number of carbonyl (C=O) groups excluding carboxylic acids is 2. The fourth-order valence-electron chi connectivity index (χ4n) is 3.11. The molecule has 0 fully saturated rings. The predicted molar refractivity (Wildman–Crippen MR) is 107 cm³/mol. The number of amides is 1. The van der Waals surface area contributed by atoms with Gasteiger partial charge in [-0.1, -0.05) is 50.0 Å². The number of fused-ring (bicyclic) bond motifs is 1. The minimum atomic E-state index is -0.823. The minimum Gasteiger partial charge on any atom is -0.503 e. The van der Waals surface area contributed by atoms with Gasteiger partial charge >= 0.3 is 0 Å². The SMILES string of the molecule is CC(C)(C)C(=O)c1cn2c(c(O)c1=O)C(=O)N(Cc1ccc(Cl)c(Cl)c1)CC2. The average molecular weight is 423 g/mol. The highest BCUT2D eigenvalue weighted by molar-refractivity contribution is 6.42. The van der Waals surface area contributed by atoms with Crippen LogP contribution < -0.4 is 5.43 Å². The van der Waals surface area contributed by atoms with Gasteiger partial charge < -0.3 is 14.6 Å². The molecule has 0 saturated carbocycles. The summed E-state index contributed by atoms with van der Waals surface area (Å²) in [6.07, 6.45) is 1.37. The smallest absolute Gasteiger partial charge is 0.274 e. The van der Waals surface area contributed by atoms with E-state index in [4.69, 9.17) is 23.2 Å². The number of pyridine rings is 1. The highest BCUT2D eigenvalue weighted by Gasteiger charge is 2.33. The lowest BCUT2D eigenvalue weighted by Gasteiger charge is -2.31. The summed E-state index contributed by atoms with van der Waals surface area (Å²) in [6, 6.07) is 5.08. The van der Waals surface area contributed by atoms with Crippen molar-refractivity contribution in [2.75, 3.05) is 6.54 Å². The summed E-state index contributed by atoms with van der Waals surface area (Å²) in [6.45, 7) is 6.05. The molecule has 148 valence electrons. The molecule has 0 radical (unpaired) electrons. The van der Waals surface area contributed by atoms with Crippen molar-refractivity contribution in [3.63, 3.8) is 0 Å². The second-order valence-electron chi connectivity index (χ2n) is 7.82. The topological polar surface area (TPSA) is 79.6 Å². The van der Waals surface area contributed by atoms with E-state index in [1.54, 1.807) is 39.0 Å². The maximum atomic E-state index is 12.9. The third kappa shape index (κ3) is 3.66. The molecule has 0 atom stereocenters. The Morgan fingerprint density at radius 2 is 1.82 bits per heavy atom. The van der Waals surface area contributed by atoms with Crippen molar-refractivity contribution in [1.29, 1.82) is 0 Å². The molecule has 0 unspecified atom stereocenters. The number of aromatic nitrogens is 1. The normalized spacial score (nSPS) is 14.2. The van der Waals surface area contributed by atoms with E-state index in [-0.39, 0.29) is 23.6 Å². The summed E-state index contributed by atoms with van der Waals surface area (Å²) in [4.78, 5) is 39.5. The number of hydrogen-bond donors (Lipinski definition) is 1. The number of nitrogens with zero attached hydrogens (tertiary/aromatic N) is 2. The number of halogens is 2. The highest BCUT2D eigenvalue weighted by atomic mass is 35.5. The molecule has 1 aliphatic rings. The Bertz CT molecular complexity index is 1040. The van der Waals surface area contributed by atoms with Crippen LogP contribution in [0.4, 0.5) is 0 Å². The molecule has 0 saturated heterocycles. The maximum Gasteiger partial charge on any atom is 0.274 e. The molecule has 6 nitrogen and oxygen atoms in total. The fourth-order valence-corrected chi connectivity index (χ4v) is 3.43. The summed E-state index contributed by atoms with van der Waals surface area (Å²) < 4.78 is 1.48. The first-order chi connectivity index (χ1) is 13.0. The fraction of sp³-hybridized carbons (Fsp3) is 0.350. The maximum absolute atomic E-state index is 12.9. The molecule has 2 heterocycles. The van der Waals surface area contributed by atoms with E-state index in [0.29, 0.717) is 23.1 Å². The largest absolute Gasteiger partial charge is 0.503 e. The number of Topliss-reactive ketones (excluding diaryl/α,β-unsaturated/α-hetero) is 1. The van der Waals surface area contributed by atoms with Gasteiger partial charge in [0.2, 0.25) is 5.43 Å². The number of carbonyl (C=O) groups is 2. The van der Waals surface area contributed by atoms with Crippen molar-refractivity contribution in [3.05, 3.63) is 61.5 Å². The first-order valence-electron chi connectivity index (χ1n) is 8.75. The van der Waals surface area contributed by atoms with Crippen molar-refractivity contribution < 1.29 is 14.7 Å². The molecule has 1 amide bonds. The Balaban J connectivity index is 1.96. The van der Waals surface area contributed by atoms with E-state index in [0.717, 1.165) is 5.56 Å². The van der Waals surface area contributed by atoms with Gasteiger partial charge in [0.25, 0.3) is 5.91 Å². The van der Waals surface area contributed by atoms with E-state index in [9.17, 15) is 19.5 Å². The zero-order valence-electron chi connectivity index (χ0n) is 15.8. The van der Waals surface area contributed by atoms with Crippen molar-refractivity contribution in [2.24, 2.45) is 5.41 Å². The Morgan fingerprint density at radius 1 is 1.14 bits per heavy atom. The molecular formula is C20H20Cl2N2O4. The third-order valence-electron chi connectivity index (χ3n) is 4.64. The average Bonchev–Trinajstić information content (AvgIpc) is 2.62. The lowest BCUT2D eigenvalue weighted by Crippen LogP contribution is -2.42. The van der Waals surface area contributed by atoms with Crippen LogP contribution in [0.2, 0.25) is 10.0 Å². The van der Waals surface area contributed by atoms with Crippen molar-refractivity contribution in [3.8, 4) is 5.75 Å². The Hall–Kier alpha value is -2.31. The second kappa shape index (κ2) is 7.26. The van der Waals surface area contributed by atoms with Crippen LogP contribution in [0, 0.1) is 5.41 Å². The van der Waals surface area contributed by atoms with Gasteiger partial charge in [0, 0.05) is 31.2 Å². The summed E-state index contributed by atoms with van der Waals surface area (Å²) in [5, 5.41) is 11.2. The Labute approximate surface area is 172 Å². The molecule has 1 aromatic carbocycles. The first kappa shape index (κ1) is 20.4. The van der Waals surface area contributed by atoms with Gasteiger partial charge in [0.05, 0.1) is 15.6 Å². The van der Waals surface area contributed by atoms with E-state index < -0.39 is 22.5 Å². The molecule has 1 aromatic heterocycles. The Kier molecular flexibility index (Phi) is 5.30. The van der Waals surface area contributed by atoms with Gasteiger partial charge in [0.15, 0.2) is 17.2 Å². The molecule has 28 heavy (non-hydrogen) atoms. The van der Waals surface area contributed by atoms with E-state index in [1.165, 1.54) is 15.7 Å². The van der Waals surface area contributed by atoms with E-state index in [2.05, 4.69) is 0 Å². The molecule has 2 aromatic rings. The van der Waals surface area contributed by atoms with Gasteiger partial charge in [-0.15, -0.1) is 0 Å². The van der Waals surface area contributed by atoms with Gasteiger partial charge in [-0.2, -0.15) is 0 Å². The lowest BCUT2D eigenvalue weighted by molar-refractivity contribution is 0.0680. The number of ketones is 1. The van der Waals surface area contributed by atoms with Crippen molar-refractivity contribution >= 4 is 34.9 Å². The molecule has 0 aliphatic carbocycles. The third-order valence-corrected chi connectivity index (χ3v) is 5.38. The number of benzene rings is 1. The highest BCUT2D eigenvalue weighted by Crippen LogP contribution is 2.27. The Morgan fingerprint density at radius 3 is 2.43 bits per heavy atom. The van der Waals surface area contributed by atoms with Crippen LogP contribution in [0.3, 0.4) is 0 Å². The predicted octanol–water partition coefficient (Wildman–Crippen LogP) is 3.75. The summed E-state index contributed by atoms with van der Waals surface area (Å²) in [5.74, 6) is -1.56. The van der Waals surface area contributed by atoms with Gasteiger partial charge in [-0.05, 0) is 17.7 Å². The standard InChI is InChI=1S/C20H20Cl2N2O4/c1-20(2,3)18(27)12-10-23-6-7-24(19(28)15(23)17(26)16(12)25)9-11-4-5-13(21)14(22)8-11/h4-5,8,10,26H,6-7,9H2,1-3H3. The van der Waals surface area contributed by atoms with E-state index in [1.807, 2.05) is 0 Å². The van der Waals surface area contributed by atoms with Crippen molar-refractivity contribution in [2.45, 2.75) is 33.9 Å². The van der Waals surface area contributed by atoms with Crippen LogP contribution in [0.5, 0.6) is 5.75 Å². The van der Waals surface area contributed by atoms with Gasteiger partial charge in [-0.25, -0.2) is 0 Å². The molecule has 3 rings (SSSR count). The van der Waals surface area contributed by atoms with E-state index >= 15 is 0 Å². The molecular weight excluding hydrogens is 403 g/mol. The van der Waals surface area contributed by atoms with Crippen LogP contribution in [0.1, 0.15) is 47.2 Å². The van der Waals surface area contributed by atoms with Gasteiger partial charge in [-0.3, -0.25) is 14.4 Å². The zero-order chi connectivity index (χ0) is 20.8. The summed E-state index contributed by atoms with van der Waals surface area (Å²) in [5.41, 5.74) is -1.05. The van der Waals surface area contributed by atoms with Crippen LogP contribution in [0.25, 0.3) is 0 Å². The second-order valence-corrected chi connectivity index (χ2v) is 8.63. The lowest BCUT2D eigenvalue weighted by atomic mass is 9.86. The minimum absolute atomic E-state index is 0.109. The van der Waals surface area contributed by atoms with Crippen LogP contribution in [-0.4, -0.2) is 32.8 Å². The molecule has 0 spiro atoms. The molecule has 1 N–H and O–H groups in total. The number of rotatable bonds is 3. The van der Waals surface area contributed by atoms with Crippen LogP contribution in [-0.2, 0) is 13.1 Å². The molecule has 8 heteroatoms. The monoisotopic (exact) mass is 422 g/mol.